The minimum atomic E-state index is -0.360. The van der Waals surface area contributed by atoms with Crippen LogP contribution in [0.3, 0.4) is 0 Å². The molecule has 0 fully saturated rings. The molecular weight excluding hydrogens is 404 g/mol. The van der Waals surface area contributed by atoms with Gasteiger partial charge in [0, 0.05) is 41.7 Å². The number of phenolic OH excluding ortho intramolecular Hbond substituents is 1. The maximum absolute atomic E-state index is 11.5. The number of carbonyl (C=O) groups excluding carboxylic acids is 1. The van der Waals surface area contributed by atoms with Gasteiger partial charge in [-0.3, -0.25) is 0 Å². The molecule has 122 valence electrons. The van der Waals surface area contributed by atoms with E-state index < -0.39 is 0 Å². The zero-order valence-corrected chi connectivity index (χ0v) is 16.7. The maximum Gasteiger partial charge on any atom is 0.337 e. The number of unbranched alkanes of at least 4 members (excludes halogenated alkanes) is 7. The second-order valence-electron chi connectivity index (χ2n) is 5.41. The largest absolute Gasteiger partial charge is 0.508 e. The van der Waals surface area contributed by atoms with Gasteiger partial charge in [-0.2, -0.15) is 6.42 Å². The molecule has 0 saturated heterocycles. The SMILES string of the molecule is [CH2-]CCCCCCCCCc1cc(C(=O)OC)ccc1O.[Ce]. The van der Waals surface area contributed by atoms with E-state index in [0.29, 0.717) is 5.56 Å². The maximum atomic E-state index is 11.5. The summed E-state index contributed by atoms with van der Waals surface area (Å²) >= 11 is 0. The molecule has 22 heavy (non-hydrogen) atoms. The van der Waals surface area contributed by atoms with Gasteiger partial charge >= 0.3 is 5.97 Å². The van der Waals surface area contributed by atoms with E-state index in [-0.39, 0.29) is 53.5 Å². The summed E-state index contributed by atoms with van der Waals surface area (Å²) in [7, 11) is 1.36. The Labute approximate surface area is 168 Å². The van der Waals surface area contributed by atoms with E-state index in [1.54, 1.807) is 18.2 Å². The third-order valence-electron chi connectivity index (χ3n) is 3.70. The summed E-state index contributed by atoms with van der Waals surface area (Å²) in [5.74, 6) is -0.0974. The molecule has 1 rings (SSSR count). The molecule has 0 aromatic heterocycles. The number of methoxy groups -OCH3 is 1. The Hall–Kier alpha value is -0.133. The van der Waals surface area contributed by atoms with Crippen LogP contribution in [0.15, 0.2) is 18.2 Å². The zero-order chi connectivity index (χ0) is 15.5. The number of hydrogen-bond acceptors (Lipinski definition) is 3. The van der Waals surface area contributed by atoms with Gasteiger partial charge in [0.25, 0.3) is 0 Å². The molecule has 1 aromatic rings. The van der Waals surface area contributed by atoms with Crippen LogP contribution in [-0.2, 0) is 11.2 Å². The number of carbonyl (C=O) groups is 1. The molecule has 4 heteroatoms. The van der Waals surface area contributed by atoms with Crippen LogP contribution in [0.2, 0.25) is 0 Å². The van der Waals surface area contributed by atoms with Crippen molar-refractivity contribution in [3.63, 3.8) is 0 Å². The van der Waals surface area contributed by atoms with Crippen LogP contribution in [0.4, 0.5) is 0 Å². The first-order chi connectivity index (χ1) is 10.2. The molecule has 0 unspecified atom stereocenters. The first-order valence-corrected chi connectivity index (χ1v) is 7.88. The number of benzene rings is 1. The first-order valence-electron chi connectivity index (χ1n) is 7.88. The minimum absolute atomic E-state index is 0. The van der Waals surface area contributed by atoms with Crippen LogP contribution in [0, 0.1) is 48.7 Å². The standard InChI is InChI=1S/C18H27O3.Ce/c1-3-4-5-6-7-8-9-10-11-15-14-16(18(20)21-2)12-13-17(15)19;/h12-14,19H,1,3-11H2,2H3;/q-1;. The number of ether oxygens (including phenoxy) is 1. The van der Waals surface area contributed by atoms with Gasteiger partial charge in [-0.25, -0.2) is 4.79 Å². The summed E-state index contributed by atoms with van der Waals surface area (Å²) in [6, 6.07) is 4.89. The molecule has 1 aromatic carbocycles. The van der Waals surface area contributed by atoms with Crippen molar-refractivity contribution >= 4 is 5.97 Å². The number of aromatic hydroxyl groups is 1. The Kier molecular flexibility index (Phi) is 13.2. The molecule has 0 atom stereocenters. The molecule has 0 aliphatic carbocycles. The quantitative estimate of drug-likeness (QED) is 0.333. The molecule has 0 spiro atoms. The normalized spacial score (nSPS) is 10.1. The van der Waals surface area contributed by atoms with Crippen molar-refractivity contribution in [3.05, 3.63) is 36.2 Å². The zero-order valence-electron chi connectivity index (χ0n) is 13.6. The molecule has 0 heterocycles. The van der Waals surface area contributed by atoms with Gasteiger partial charge in [0.1, 0.15) is 5.75 Å². The van der Waals surface area contributed by atoms with E-state index in [9.17, 15) is 9.90 Å². The van der Waals surface area contributed by atoms with Crippen LogP contribution >= 0.6 is 0 Å². The number of hydrogen-bond donors (Lipinski definition) is 1. The van der Waals surface area contributed by atoms with Crippen molar-refractivity contribution in [2.75, 3.05) is 7.11 Å². The minimum Gasteiger partial charge on any atom is -0.508 e. The molecular formula is C18H27CeO3-. The topological polar surface area (TPSA) is 46.5 Å². The molecule has 0 bridgehead atoms. The number of esters is 1. The van der Waals surface area contributed by atoms with Crippen molar-refractivity contribution in [2.24, 2.45) is 0 Å². The van der Waals surface area contributed by atoms with E-state index in [1.165, 1.54) is 39.2 Å². The van der Waals surface area contributed by atoms with Gasteiger partial charge in [-0.05, 0) is 36.6 Å². The number of rotatable bonds is 10. The Morgan fingerprint density at radius 3 is 2.27 bits per heavy atom. The Balaban J connectivity index is 0.00000441. The summed E-state index contributed by atoms with van der Waals surface area (Å²) in [5.41, 5.74) is 1.33. The van der Waals surface area contributed by atoms with Crippen molar-refractivity contribution < 1.29 is 56.4 Å². The molecule has 3 nitrogen and oxygen atoms in total. The molecule has 0 radical (unpaired) electrons. The van der Waals surface area contributed by atoms with Crippen LogP contribution < -0.4 is 0 Å². The Morgan fingerprint density at radius 2 is 1.68 bits per heavy atom. The molecule has 1 N–H and O–H groups in total. The van der Waals surface area contributed by atoms with Crippen LogP contribution in [-0.4, -0.2) is 18.2 Å². The van der Waals surface area contributed by atoms with Crippen molar-refractivity contribution in [2.45, 2.75) is 57.8 Å². The molecule has 0 amide bonds. The van der Waals surface area contributed by atoms with Crippen molar-refractivity contribution in [3.8, 4) is 5.75 Å². The molecule has 0 saturated carbocycles. The second-order valence-corrected chi connectivity index (χ2v) is 5.41. The fraction of sp³-hybridized carbons (Fsp3) is 0.556. The van der Waals surface area contributed by atoms with Gasteiger partial charge in [-0.15, -0.1) is 0 Å². The van der Waals surface area contributed by atoms with E-state index in [4.69, 9.17) is 4.74 Å². The van der Waals surface area contributed by atoms with Crippen LogP contribution in [0.1, 0.15) is 67.3 Å². The van der Waals surface area contributed by atoms with E-state index in [0.717, 1.165) is 31.2 Å². The number of aryl methyl sites for hydroxylation is 1. The van der Waals surface area contributed by atoms with Gasteiger partial charge in [-0.1, -0.05) is 38.5 Å². The molecule has 0 aliphatic heterocycles. The summed E-state index contributed by atoms with van der Waals surface area (Å²) in [4.78, 5) is 11.5. The third kappa shape index (κ3) is 8.49. The van der Waals surface area contributed by atoms with Crippen molar-refractivity contribution in [1.82, 2.24) is 0 Å². The fourth-order valence-electron chi connectivity index (χ4n) is 2.41. The third-order valence-corrected chi connectivity index (χ3v) is 3.70. The first kappa shape index (κ1) is 21.9. The monoisotopic (exact) mass is 431 g/mol. The van der Waals surface area contributed by atoms with E-state index >= 15 is 0 Å². The van der Waals surface area contributed by atoms with Gasteiger partial charge in [0.05, 0.1) is 12.7 Å². The van der Waals surface area contributed by atoms with Crippen LogP contribution in [0.25, 0.3) is 0 Å². The average Bonchev–Trinajstić information content (AvgIpc) is 2.50. The summed E-state index contributed by atoms with van der Waals surface area (Å²) in [6.45, 7) is 3.84. The predicted octanol–water partition coefficient (Wildman–Crippen LogP) is 4.68. The number of phenols is 1. The fourth-order valence-corrected chi connectivity index (χ4v) is 2.41. The Bertz CT molecular complexity index is 432. The Morgan fingerprint density at radius 1 is 1.09 bits per heavy atom. The van der Waals surface area contributed by atoms with E-state index in [1.807, 2.05) is 0 Å². The van der Waals surface area contributed by atoms with Crippen LogP contribution in [0.5, 0.6) is 5.75 Å². The van der Waals surface area contributed by atoms with E-state index in [2.05, 4.69) is 6.92 Å². The smallest absolute Gasteiger partial charge is 0.337 e. The van der Waals surface area contributed by atoms with Gasteiger partial charge in [0.2, 0.25) is 0 Å². The predicted molar refractivity (Wildman–Crippen MR) is 85.4 cm³/mol. The van der Waals surface area contributed by atoms with Gasteiger partial charge < -0.3 is 16.8 Å². The summed E-state index contributed by atoms with van der Waals surface area (Å²) < 4.78 is 4.70. The van der Waals surface area contributed by atoms with Gasteiger partial charge in [0.15, 0.2) is 0 Å². The molecule has 0 aliphatic rings. The summed E-state index contributed by atoms with van der Waals surface area (Å²) in [6.07, 6.45) is 10.3. The van der Waals surface area contributed by atoms with Crippen molar-refractivity contribution in [1.29, 1.82) is 0 Å². The second kappa shape index (κ2) is 13.3. The average molecular weight is 432 g/mol. The summed E-state index contributed by atoms with van der Waals surface area (Å²) in [5, 5.41) is 9.83.